The number of pyridine rings is 1. The third-order valence-corrected chi connectivity index (χ3v) is 4.57. The molecule has 2 heterocycles. The molecule has 0 saturated heterocycles. The van der Waals surface area contributed by atoms with Crippen molar-refractivity contribution < 1.29 is 14.3 Å². The third kappa shape index (κ3) is 3.76. The van der Waals surface area contributed by atoms with Crippen LogP contribution in [-0.2, 0) is 16.6 Å². The monoisotopic (exact) mass is 340 g/mol. The molecule has 0 unspecified atom stereocenters. The first kappa shape index (κ1) is 17.3. The number of nitrogens with zero attached hydrogens (tertiary/aromatic N) is 2. The third-order valence-electron chi connectivity index (χ3n) is 4.57. The van der Waals surface area contributed by atoms with Crippen molar-refractivity contribution in [3.8, 4) is 11.5 Å². The summed E-state index contributed by atoms with van der Waals surface area (Å²) in [4.78, 5) is 19.1. The molecule has 0 saturated carbocycles. The van der Waals surface area contributed by atoms with E-state index in [-0.39, 0.29) is 5.91 Å². The van der Waals surface area contributed by atoms with E-state index in [1.54, 1.807) is 11.1 Å². The molecule has 0 radical (unpaired) electrons. The maximum Gasteiger partial charge on any atom is 0.232 e. The Labute approximate surface area is 148 Å². The quantitative estimate of drug-likeness (QED) is 0.840. The fraction of sp³-hybridized carbons (Fsp3) is 0.400. The fourth-order valence-electron chi connectivity index (χ4n) is 2.96. The zero-order valence-electron chi connectivity index (χ0n) is 15.0. The molecular weight excluding hydrogens is 316 g/mol. The van der Waals surface area contributed by atoms with Crippen LogP contribution in [0, 0.1) is 0 Å². The number of aromatic nitrogens is 1. The van der Waals surface area contributed by atoms with E-state index in [9.17, 15) is 4.79 Å². The van der Waals surface area contributed by atoms with Gasteiger partial charge in [-0.25, -0.2) is 0 Å². The van der Waals surface area contributed by atoms with Crippen molar-refractivity contribution in [1.29, 1.82) is 0 Å². The Kier molecular flexibility index (Phi) is 4.93. The summed E-state index contributed by atoms with van der Waals surface area (Å²) in [7, 11) is 1.84. The van der Waals surface area contributed by atoms with Crippen LogP contribution in [0.25, 0.3) is 0 Å². The topological polar surface area (TPSA) is 51.7 Å². The molecule has 3 rings (SSSR count). The number of hydrogen-bond acceptors (Lipinski definition) is 4. The highest BCUT2D eigenvalue weighted by molar-refractivity contribution is 5.87. The minimum absolute atomic E-state index is 0.0695. The number of rotatable bonds is 5. The highest BCUT2D eigenvalue weighted by atomic mass is 16.6. The summed E-state index contributed by atoms with van der Waals surface area (Å²) < 4.78 is 11.2. The fourth-order valence-corrected chi connectivity index (χ4v) is 2.96. The van der Waals surface area contributed by atoms with Gasteiger partial charge >= 0.3 is 0 Å². The molecule has 2 aromatic rings. The number of ether oxygens (including phenoxy) is 2. The minimum Gasteiger partial charge on any atom is -0.486 e. The summed E-state index contributed by atoms with van der Waals surface area (Å²) >= 11 is 0. The first-order valence-electron chi connectivity index (χ1n) is 8.54. The Morgan fingerprint density at radius 1 is 1.16 bits per heavy atom. The van der Waals surface area contributed by atoms with E-state index < -0.39 is 5.41 Å². The van der Waals surface area contributed by atoms with Crippen LogP contribution in [0.2, 0.25) is 0 Å². The van der Waals surface area contributed by atoms with E-state index >= 15 is 0 Å². The van der Waals surface area contributed by atoms with Crippen molar-refractivity contribution in [1.82, 2.24) is 9.88 Å². The Balaban J connectivity index is 1.71. The maximum atomic E-state index is 13.0. The van der Waals surface area contributed by atoms with E-state index in [1.165, 1.54) is 0 Å². The summed E-state index contributed by atoms with van der Waals surface area (Å²) in [5, 5.41) is 0. The second-order valence-corrected chi connectivity index (χ2v) is 6.78. The average molecular weight is 340 g/mol. The van der Waals surface area contributed by atoms with Gasteiger partial charge < -0.3 is 14.4 Å². The molecule has 132 valence electrons. The molecule has 5 nitrogen and oxygen atoms in total. The molecule has 1 aromatic heterocycles. The molecule has 1 aromatic carbocycles. The Bertz CT molecular complexity index is 744. The largest absolute Gasteiger partial charge is 0.486 e. The van der Waals surface area contributed by atoms with Gasteiger partial charge in [-0.05, 0) is 43.7 Å². The highest BCUT2D eigenvalue weighted by Crippen LogP contribution is 2.35. The van der Waals surface area contributed by atoms with Gasteiger partial charge in [0.2, 0.25) is 5.91 Å². The number of fused-ring (bicyclic) bond motifs is 1. The second-order valence-electron chi connectivity index (χ2n) is 6.78. The number of likely N-dealkylation sites (N-methyl/N-ethyl adjacent to an activating group) is 1. The molecule has 1 aliphatic heterocycles. The summed E-state index contributed by atoms with van der Waals surface area (Å²) in [6.45, 7) is 5.61. The number of hydrogen-bond donors (Lipinski definition) is 0. The smallest absolute Gasteiger partial charge is 0.232 e. The van der Waals surface area contributed by atoms with Crippen LogP contribution in [0.15, 0.2) is 42.6 Å². The molecule has 0 aliphatic carbocycles. The van der Waals surface area contributed by atoms with Crippen LogP contribution in [0.4, 0.5) is 0 Å². The van der Waals surface area contributed by atoms with Gasteiger partial charge in [-0.3, -0.25) is 9.78 Å². The summed E-state index contributed by atoms with van der Waals surface area (Å²) in [5.41, 5.74) is 1.26. The van der Waals surface area contributed by atoms with Crippen molar-refractivity contribution >= 4 is 5.91 Å². The molecular formula is C20H24N2O3. The van der Waals surface area contributed by atoms with Crippen molar-refractivity contribution in [3.63, 3.8) is 0 Å². The lowest BCUT2D eigenvalue weighted by atomic mass is 9.83. The molecule has 5 heteroatoms. The van der Waals surface area contributed by atoms with Crippen LogP contribution in [0.3, 0.4) is 0 Å². The van der Waals surface area contributed by atoms with Crippen molar-refractivity contribution in [2.45, 2.75) is 25.7 Å². The van der Waals surface area contributed by atoms with Crippen LogP contribution in [0.5, 0.6) is 11.5 Å². The van der Waals surface area contributed by atoms with E-state index in [0.29, 0.717) is 25.5 Å². The lowest BCUT2D eigenvalue weighted by Crippen LogP contribution is -2.42. The van der Waals surface area contributed by atoms with Gasteiger partial charge in [0.15, 0.2) is 11.5 Å². The van der Waals surface area contributed by atoms with Crippen molar-refractivity contribution in [2.24, 2.45) is 0 Å². The molecule has 0 bridgehead atoms. The number of carbonyl (C=O) groups excluding carboxylic acids is 1. The maximum absolute atomic E-state index is 13.0. The number of benzene rings is 1. The average Bonchev–Trinajstić information content (AvgIpc) is 2.65. The molecule has 0 N–H and O–H groups in total. The highest BCUT2D eigenvalue weighted by Gasteiger charge is 2.33. The lowest BCUT2D eigenvalue weighted by Gasteiger charge is -2.31. The summed E-state index contributed by atoms with van der Waals surface area (Å²) in [6.07, 6.45) is 2.51. The number of carbonyl (C=O) groups is 1. The van der Waals surface area contributed by atoms with Gasteiger partial charge in [0.25, 0.3) is 0 Å². The van der Waals surface area contributed by atoms with E-state index in [2.05, 4.69) is 4.98 Å². The SMILES string of the molecule is CN(CCc1ccccn1)C(=O)C(C)(C)c1ccc2c(c1)OCCO2. The lowest BCUT2D eigenvalue weighted by molar-refractivity contribution is -0.134. The van der Waals surface area contributed by atoms with E-state index in [1.807, 2.05) is 57.3 Å². The Morgan fingerprint density at radius 2 is 1.92 bits per heavy atom. The van der Waals surface area contributed by atoms with Gasteiger partial charge in [0.1, 0.15) is 13.2 Å². The van der Waals surface area contributed by atoms with Gasteiger partial charge in [-0.15, -0.1) is 0 Å². The molecule has 0 atom stereocenters. The Hall–Kier alpha value is -2.56. The summed E-state index contributed by atoms with van der Waals surface area (Å²) in [5.74, 6) is 1.52. The van der Waals surface area contributed by atoms with E-state index in [0.717, 1.165) is 23.4 Å². The van der Waals surface area contributed by atoms with Crippen molar-refractivity contribution in [3.05, 3.63) is 53.9 Å². The molecule has 0 spiro atoms. The predicted molar refractivity (Wildman–Crippen MR) is 96.0 cm³/mol. The van der Waals surface area contributed by atoms with Crippen LogP contribution in [0.1, 0.15) is 25.1 Å². The predicted octanol–water partition coefficient (Wildman–Crippen LogP) is 2.83. The standard InChI is InChI=1S/C20H24N2O3/c1-20(2,15-7-8-17-18(14-15)25-13-12-24-17)19(23)22(3)11-9-16-6-4-5-10-21-16/h4-8,10,14H,9,11-13H2,1-3H3. The first-order chi connectivity index (χ1) is 12.0. The summed E-state index contributed by atoms with van der Waals surface area (Å²) in [6, 6.07) is 11.6. The minimum atomic E-state index is -0.644. The van der Waals surface area contributed by atoms with Gasteiger partial charge in [0, 0.05) is 31.9 Å². The number of amides is 1. The normalized spacial score (nSPS) is 13.4. The van der Waals surface area contributed by atoms with Crippen molar-refractivity contribution in [2.75, 3.05) is 26.8 Å². The van der Waals surface area contributed by atoms with Gasteiger partial charge in [-0.2, -0.15) is 0 Å². The Morgan fingerprint density at radius 3 is 2.64 bits per heavy atom. The molecule has 0 fully saturated rings. The van der Waals surface area contributed by atoms with E-state index in [4.69, 9.17) is 9.47 Å². The molecule has 1 aliphatic rings. The zero-order chi connectivity index (χ0) is 17.9. The first-order valence-corrected chi connectivity index (χ1v) is 8.54. The van der Waals surface area contributed by atoms with Crippen LogP contribution in [-0.4, -0.2) is 42.6 Å². The van der Waals surface area contributed by atoms with Gasteiger partial charge in [0.05, 0.1) is 5.41 Å². The molecule has 25 heavy (non-hydrogen) atoms. The zero-order valence-corrected chi connectivity index (χ0v) is 15.0. The molecule has 1 amide bonds. The van der Waals surface area contributed by atoms with Crippen LogP contribution >= 0.6 is 0 Å². The van der Waals surface area contributed by atoms with Crippen LogP contribution < -0.4 is 9.47 Å². The second kappa shape index (κ2) is 7.13. The van der Waals surface area contributed by atoms with Gasteiger partial charge in [-0.1, -0.05) is 12.1 Å².